The van der Waals surface area contributed by atoms with Crippen LogP contribution in [-0.2, 0) is 0 Å². The van der Waals surface area contributed by atoms with Crippen molar-refractivity contribution in [3.05, 3.63) is 106 Å². The molecule has 0 saturated heterocycles. The van der Waals surface area contributed by atoms with Gasteiger partial charge < -0.3 is 8.83 Å². The van der Waals surface area contributed by atoms with Crippen LogP contribution in [0.5, 0.6) is 0 Å². The largest absolute Gasteiger partial charge is 0.463 e. The van der Waals surface area contributed by atoms with Crippen molar-refractivity contribution < 1.29 is 13.6 Å². The fourth-order valence-electron chi connectivity index (χ4n) is 3.60. The second kappa shape index (κ2) is 6.60. The van der Waals surface area contributed by atoms with Crippen LogP contribution in [0.1, 0.15) is 21.7 Å². The first kappa shape index (κ1) is 17.2. The molecule has 3 aromatic carbocycles. The van der Waals surface area contributed by atoms with E-state index in [0.29, 0.717) is 33.2 Å². The molecule has 140 valence electrons. The highest BCUT2D eigenvalue weighted by Gasteiger charge is 2.21. The third-order valence-electron chi connectivity index (χ3n) is 5.16. The first-order valence-corrected chi connectivity index (χ1v) is 9.27. The van der Waals surface area contributed by atoms with Crippen molar-refractivity contribution in [1.82, 2.24) is 0 Å². The summed E-state index contributed by atoms with van der Waals surface area (Å²) in [6, 6.07) is 21.8. The molecule has 4 heteroatoms. The van der Waals surface area contributed by atoms with Crippen LogP contribution in [0.2, 0.25) is 0 Å². The molecule has 4 nitrogen and oxygen atoms in total. The van der Waals surface area contributed by atoms with Crippen molar-refractivity contribution in [3.8, 4) is 11.1 Å². The molecule has 0 unspecified atom stereocenters. The molecule has 5 rings (SSSR count). The summed E-state index contributed by atoms with van der Waals surface area (Å²) in [5.74, 6) is 0.0878. The van der Waals surface area contributed by atoms with E-state index in [-0.39, 0.29) is 17.0 Å². The highest BCUT2D eigenvalue weighted by Crippen LogP contribution is 2.31. The maximum absolute atomic E-state index is 13.1. The van der Waals surface area contributed by atoms with E-state index in [1.54, 1.807) is 24.3 Å². The average Bonchev–Trinajstić information content (AvgIpc) is 3.09. The summed E-state index contributed by atoms with van der Waals surface area (Å²) in [5.41, 5.74) is 3.39. The number of carbonyl (C=O) groups excluding carboxylic acids is 1. The standard InChI is InChI=1S/C25H16O4/c1-15-18-12-19-21(28-14-20(24(19)27)16-8-4-2-5-9-16)13-22(18)29-25(15)23(26)17-10-6-3-7-11-17/h2-14H,1H3. The number of furan rings is 1. The highest BCUT2D eigenvalue weighted by molar-refractivity contribution is 6.11. The predicted molar refractivity (Wildman–Crippen MR) is 112 cm³/mol. The lowest BCUT2D eigenvalue weighted by Gasteiger charge is -2.03. The molecule has 5 aromatic rings. The minimum absolute atomic E-state index is 0.115. The second-order valence-electron chi connectivity index (χ2n) is 6.94. The Hall–Kier alpha value is -3.92. The number of carbonyl (C=O) groups is 1. The van der Waals surface area contributed by atoms with Crippen LogP contribution < -0.4 is 5.43 Å². The average molecular weight is 380 g/mol. The van der Waals surface area contributed by atoms with Gasteiger partial charge in [-0.1, -0.05) is 60.7 Å². The van der Waals surface area contributed by atoms with E-state index in [9.17, 15) is 9.59 Å². The zero-order valence-electron chi connectivity index (χ0n) is 15.6. The van der Waals surface area contributed by atoms with Gasteiger partial charge in [-0.3, -0.25) is 9.59 Å². The van der Waals surface area contributed by atoms with E-state index >= 15 is 0 Å². The molecule has 0 fully saturated rings. The van der Waals surface area contributed by atoms with Crippen LogP contribution in [0.25, 0.3) is 33.1 Å². The fraction of sp³-hybridized carbons (Fsp3) is 0.0400. The topological polar surface area (TPSA) is 60.4 Å². The molecule has 0 saturated carbocycles. The van der Waals surface area contributed by atoms with Gasteiger partial charge in [0.25, 0.3) is 0 Å². The Labute approximate surface area is 166 Å². The summed E-state index contributed by atoms with van der Waals surface area (Å²) in [5, 5.41) is 1.19. The molecule has 0 atom stereocenters. The molecule has 2 heterocycles. The van der Waals surface area contributed by atoms with Gasteiger partial charge in [0.1, 0.15) is 17.4 Å². The number of aryl methyl sites for hydroxylation is 1. The summed E-state index contributed by atoms with van der Waals surface area (Å²) in [4.78, 5) is 25.9. The van der Waals surface area contributed by atoms with E-state index < -0.39 is 0 Å². The highest BCUT2D eigenvalue weighted by atomic mass is 16.3. The summed E-state index contributed by atoms with van der Waals surface area (Å²) in [7, 11) is 0. The Balaban J connectivity index is 1.71. The molecule has 0 spiro atoms. The molecule has 0 bridgehead atoms. The molecular weight excluding hydrogens is 364 g/mol. The van der Waals surface area contributed by atoms with Crippen molar-refractivity contribution in [3.63, 3.8) is 0 Å². The maximum Gasteiger partial charge on any atom is 0.228 e. The van der Waals surface area contributed by atoms with Gasteiger partial charge >= 0.3 is 0 Å². The van der Waals surface area contributed by atoms with E-state index in [2.05, 4.69) is 0 Å². The monoisotopic (exact) mass is 380 g/mol. The fourth-order valence-corrected chi connectivity index (χ4v) is 3.60. The van der Waals surface area contributed by atoms with Gasteiger partial charge in [-0.15, -0.1) is 0 Å². The zero-order valence-corrected chi connectivity index (χ0v) is 15.6. The number of benzene rings is 3. The quantitative estimate of drug-likeness (QED) is 0.374. The molecule has 0 aliphatic heterocycles. The van der Waals surface area contributed by atoms with E-state index in [0.717, 1.165) is 10.9 Å². The second-order valence-corrected chi connectivity index (χ2v) is 6.94. The lowest BCUT2D eigenvalue weighted by Crippen LogP contribution is -2.04. The van der Waals surface area contributed by atoms with E-state index in [1.807, 2.05) is 55.5 Å². The number of hydrogen-bond donors (Lipinski definition) is 0. The first-order valence-electron chi connectivity index (χ1n) is 9.27. The number of rotatable bonds is 3. The Morgan fingerprint density at radius 1 is 0.828 bits per heavy atom. The Morgan fingerprint density at radius 3 is 2.24 bits per heavy atom. The van der Waals surface area contributed by atoms with Crippen molar-refractivity contribution in [2.24, 2.45) is 0 Å². The number of fused-ring (bicyclic) bond motifs is 2. The van der Waals surface area contributed by atoms with Crippen molar-refractivity contribution in [1.29, 1.82) is 0 Å². The summed E-state index contributed by atoms with van der Waals surface area (Å²) >= 11 is 0. The van der Waals surface area contributed by atoms with Crippen LogP contribution in [0.4, 0.5) is 0 Å². The van der Waals surface area contributed by atoms with Gasteiger partial charge in [-0.25, -0.2) is 0 Å². The third kappa shape index (κ3) is 2.77. The van der Waals surface area contributed by atoms with Gasteiger partial charge in [0.05, 0.1) is 10.9 Å². The lowest BCUT2D eigenvalue weighted by atomic mass is 10.0. The van der Waals surface area contributed by atoms with Gasteiger partial charge in [0.2, 0.25) is 11.2 Å². The predicted octanol–water partition coefficient (Wildman–Crippen LogP) is 5.75. The Kier molecular flexibility index (Phi) is 3.91. The zero-order chi connectivity index (χ0) is 20.0. The molecule has 0 aliphatic rings. The summed E-state index contributed by atoms with van der Waals surface area (Å²) in [6.45, 7) is 1.83. The van der Waals surface area contributed by atoms with Gasteiger partial charge in [0.15, 0.2) is 5.76 Å². The molecule has 0 aliphatic carbocycles. The van der Waals surface area contributed by atoms with Gasteiger partial charge in [-0.05, 0) is 18.6 Å². The van der Waals surface area contributed by atoms with Crippen molar-refractivity contribution in [2.45, 2.75) is 6.92 Å². The smallest absolute Gasteiger partial charge is 0.228 e. The van der Waals surface area contributed by atoms with E-state index in [1.165, 1.54) is 6.26 Å². The normalized spacial score (nSPS) is 11.2. The maximum atomic E-state index is 13.1. The lowest BCUT2D eigenvalue weighted by molar-refractivity contribution is 0.101. The molecule has 0 amide bonds. The molecule has 0 N–H and O–H groups in total. The van der Waals surface area contributed by atoms with Crippen LogP contribution in [0.3, 0.4) is 0 Å². The SMILES string of the molecule is Cc1c(C(=O)c2ccccc2)oc2cc3occ(-c4ccccc4)c(=O)c3cc12. The van der Waals surface area contributed by atoms with Crippen LogP contribution in [-0.4, -0.2) is 5.78 Å². The molecule has 29 heavy (non-hydrogen) atoms. The Morgan fingerprint density at radius 2 is 1.52 bits per heavy atom. The van der Waals surface area contributed by atoms with Crippen LogP contribution >= 0.6 is 0 Å². The Bertz CT molecular complexity index is 1420. The van der Waals surface area contributed by atoms with E-state index in [4.69, 9.17) is 8.83 Å². The molecule has 0 radical (unpaired) electrons. The first-order chi connectivity index (χ1) is 14.1. The molecule has 2 aromatic heterocycles. The van der Waals surface area contributed by atoms with Crippen LogP contribution in [0.15, 0.2) is 92.7 Å². The minimum Gasteiger partial charge on any atom is -0.463 e. The number of ketones is 1. The minimum atomic E-state index is -0.187. The third-order valence-corrected chi connectivity index (χ3v) is 5.16. The summed E-state index contributed by atoms with van der Waals surface area (Å²) < 4.78 is 11.6. The summed E-state index contributed by atoms with van der Waals surface area (Å²) in [6.07, 6.45) is 1.47. The van der Waals surface area contributed by atoms with Crippen molar-refractivity contribution >= 4 is 27.7 Å². The van der Waals surface area contributed by atoms with Gasteiger partial charge in [0, 0.05) is 22.6 Å². The van der Waals surface area contributed by atoms with Crippen molar-refractivity contribution in [2.75, 3.05) is 0 Å². The van der Waals surface area contributed by atoms with Gasteiger partial charge in [-0.2, -0.15) is 0 Å². The molecular formula is C25H16O4. The van der Waals surface area contributed by atoms with Crippen LogP contribution in [0, 0.1) is 6.92 Å². The number of hydrogen-bond acceptors (Lipinski definition) is 4.